The summed E-state index contributed by atoms with van der Waals surface area (Å²) in [5.41, 5.74) is 8.50. The Bertz CT molecular complexity index is 335. The van der Waals surface area contributed by atoms with Gasteiger partial charge < -0.3 is 10.6 Å². The molecule has 2 nitrogen and oxygen atoms in total. The predicted molar refractivity (Wildman–Crippen MR) is 69.9 cm³/mol. The maximum atomic E-state index is 5.68. The first-order valence-electron chi connectivity index (χ1n) is 6.41. The number of hydrogen-bond donors (Lipinski definition) is 1. The summed E-state index contributed by atoms with van der Waals surface area (Å²) in [7, 11) is 0. The van der Waals surface area contributed by atoms with E-state index in [2.05, 4.69) is 36.1 Å². The van der Waals surface area contributed by atoms with Crippen LogP contribution in [0.5, 0.6) is 0 Å². The van der Waals surface area contributed by atoms with E-state index < -0.39 is 0 Å². The van der Waals surface area contributed by atoms with Gasteiger partial charge in [-0.25, -0.2) is 0 Å². The van der Waals surface area contributed by atoms with Crippen molar-refractivity contribution in [1.82, 2.24) is 0 Å². The first kappa shape index (κ1) is 11.5. The fourth-order valence-corrected chi connectivity index (χ4v) is 2.74. The van der Waals surface area contributed by atoms with Crippen LogP contribution in [-0.4, -0.2) is 19.1 Å². The SMILES string of the molecule is CCC1CCCN1c1ccccc1CCN. The molecule has 0 saturated carbocycles. The minimum Gasteiger partial charge on any atom is -0.368 e. The summed E-state index contributed by atoms with van der Waals surface area (Å²) in [6.07, 6.45) is 4.91. The Morgan fingerprint density at radius 3 is 2.94 bits per heavy atom. The molecule has 2 N–H and O–H groups in total. The van der Waals surface area contributed by atoms with E-state index in [1.54, 1.807) is 0 Å². The van der Waals surface area contributed by atoms with Crippen LogP contribution in [0.4, 0.5) is 5.69 Å². The zero-order valence-corrected chi connectivity index (χ0v) is 10.2. The Kier molecular flexibility index (Phi) is 3.83. The first-order valence-corrected chi connectivity index (χ1v) is 6.41. The van der Waals surface area contributed by atoms with Crippen LogP contribution in [0.2, 0.25) is 0 Å². The van der Waals surface area contributed by atoms with Crippen LogP contribution in [0.1, 0.15) is 31.7 Å². The van der Waals surface area contributed by atoms with Crippen molar-refractivity contribution < 1.29 is 0 Å². The van der Waals surface area contributed by atoms with Crippen molar-refractivity contribution in [2.45, 2.75) is 38.6 Å². The van der Waals surface area contributed by atoms with Crippen molar-refractivity contribution in [3.8, 4) is 0 Å². The van der Waals surface area contributed by atoms with E-state index in [-0.39, 0.29) is 0 Å². The number of anilines is 1. The van der Waals surface area contributed by atoms with Gasteiger partial charge in [-0.1, -0.05) is 25.1 Å². The largest absolute Gasteiger partial charge is 0.368 e. The maximum absolute atomic E-state index is 5.68. The first-order chi connectivity index (χ1) is 7.86. The topological polar surface area (TPSA) is 29.3 Å². The molecule has 0 spiro atoms. The number of para-hydroxylation sites is 1. The van der Waals surface area contributed by atoms with E-state index in [1.165, 1.54) is 37.1 Å². The molecule has 1 fully saturated rings. The Labute approximate surface area is 98.4 Å². The molecule has 1 aromatic carbocycles. The molecule has 0 radical (unpaired) electrons. The van der Waals surface area contributed by atoms with Gasteiger partial charge in [-0.3, -0.25) is 0 Å². The third-order valence-corrected chi connectivity index (χ3v) is 3.56. The number of hydrogen-bond acceptors (Lipinski definition) is 2. The molecular formula is C14H22N2. The summed E-state index contributed by atoms with van der Waals surface area (Å²) >= 11 is 0. The van der Waals surface area contributed by atoms with Crippen LogP contribution in [-0.2, 0) is 6.42 Å². The highest BCUT2D eigenvalue weighted by molar-refractivity contribution is 5.55. The lowest BCUT2D eigenvalue weighted by molar-refractivity contribution is 0.643. The van der Waals surface area contributed by atoms with Gasteiger partial charge in [0.25, 0.3) is 0 Å². The standard InChI is InChI=1S/C14H22N2/c1-2-13-7-5-11-16(13)14-8-4-3-6-12(14)9-10-15/h3-4,6,8,13H,2,5,7,9-11,15H2,1H3. The van der Waals surface area contributed by atoms with Gasteiger partial charge in [-0.15, -0.1) is 0 Å². The highest BCUT2D eigenvalue weighted by Crippen LogP contribution is 2.30. The molecule has 1 unspecified atom stereocenters. The van der Waals surface area contributed by atoms with Crippen LogP contribution in [0, 0.1) is 0 Å². The molecular weight excluding hydrogens is 196 g/mol. The molecule has 0 aromatic heterocycles. The van der Waals surface area contributed by atoms with E-state index in [0.29, 0.717) is 0 Å². The van der Waals surface area contributed by atoms with E-state index in [4.69, 9.17) is 5.73 Å². The highest BCUT2D eigenvalue weighted by Gasteiger charge is 2.24. The Morgan fingerprint density at radius 1 is 1.38 bits per heavy atom. The molecule has 2 heteroatoms. The third kappa shape index (κ3) is 2.22. The molecule has 1 aromatic rings. The van der Waals surface area contributed by atoms with Gasteiger partial charge in [-0.05, 0) is 43.9 Å². The van der Waals surface area contributed by atoms with Crippen LogP contribution in [0.3, 0.4) is 0 Å². The lowest BCUT2D eigenvalue weighted by Gasteiger charge is -2.28. The number of benzene rings is 1. The molecule has 16 heavy (non-hydrogen) atoms. The second-order valence-electron chi connectivity index (χ2n) is 4.57. The molecule has 1 saturated heterocycles. The summed E-state index contributed by atoms with van der Waals surface area (Å²) in [6.45, 7) is 4.23. The fraction of sp³-hybridized carbons (Fsp3) is 0.571. The second-order valence-corrected chi connectivity index (χ2v) is 4.57. The van der Waals surface area contributed by atoms with E-state index >= 15 is 0 Å². The molecule has 0 aliphatic carbocycles. The maximum Gasteiger partial charge on any atom is 0.0401 e. The molecule has 2 rings (SSSR count). The zero-order chi connectivity index (χ0) is 11.4. The Balaban J connectivity index is 2.24. The summed E-state index contributed by atoms with van der Waals surface area (Å²) in [6, 6.07) is 9.46. The normalized spacial score (nSPS) is 20.4. The van der Waals surface area contributed by atoms with Crippen LogP contribution >= 0.6 is 0 Å². The highest BCUT2D eigenvalue weighted by atomic mass is 15.2. The minimum atomic E-state index is 0.735. The summed E-state index contributed by atoms with van der Waals surface area (Å²) < 4.78 is 0. The van der Waals surface area contributed by atoms with Gasteiger partial charge in [0.2, 0.25) is 0 Å². The summed E-state index contributed by atoms with van der Waals surface area (Å²) in [5.74, 6) is 0. The molecule has 0 bridgehead atoms. The summed E-state index contributed by atoms with van der Waals surface area (Å²) in [5, 5.41) is 0. The van der Waals surface area contributed by atoms with E-state index in [1.807, 2.05) is 0 Å². The zero-order valence-electron chi connectivity index (χ0n) is 10.2. The molecule has 0 amide bonds. The van der Waals surface area contributed by atoms with Crippen molar-refractivity contribution in [2.24, 2.45) is 5.73 Å². The number of nitrogens with zero attached hydrogens (tertiary/aromatic N) is 1. The van der Waals surface area contributed by atoms with Crippen molar-refractivity contribution in [3.63, 3.8) is 0 Å². The van der Waals surface area contributed by atoms with Gasteiger partial charge in [0.15, 0.2) is 0 Å². The van der Waals surface area contributed by atoms with Crippen molar-refractivity contribution in [3.05, 3.63) is 29.8 Å². The molecule has 88 valence electrons. The lowest BCUT2D eigenvalue weighted by Crippen LogP contribution is -2.29. The van der Waals surface area contributed by atoms with Crippen molar-refractivity contribution in [2.75, 3.05) is 18.0 Å². The van der Waals surface area contributed by atoms with Crippen LogP contribution in [0.15, 0.2) is 24.3 Å². The predicted octanol–water partition coefficient (Wildman–Crippen LogP) is 2.57. The van der Waals surface area contributed by atoms with Gasteiger partial charge in [0, 0.05) is 18.3 Å². The van der Waals surface area contributed by atoms with Crippen molar-refractivity contribution >= 4 is 5.69 Å². The van der Waals surface area contributed by atoms with Crippen LogP contribution in [0.25, 0.3) is 0 Å². The van der Waals surface area contributed by atoms with Crippen molar-refractivity contribution in [1.29, 1.82) is 0 Å². The van der Waals surface area contributed by atoms with E-state index in [0.717, 1.165) is 19.0 Å². The fourth-order valence-electron chi connectivity index (χ4n) is 2.74. The molecule has 1 heterocycles. The van der Waals surface area contributed by atoms with Gasteiger partial charge in [0.05, 0.1) is 0 Å². The monoisotopic (exact) mass is 218 g/mol. The molecule has 1 aliphatic heterocycles. The Hall–Kier alpha value is -1.02. The number of rotatable bonds is 4. The van der Waals surface area contributed by atoms with Gasteiger partial charge in [0.1, 0.15) is 0 Å². The second kappa shape index (κ2) is 5.35. The summed E-state index contributed by atoms with van der Waals surface area (Å²) in [4.78, 5) is 2.57. The quantitative estimate of drug-likeness (QED) is 0.841. The van der Waals surface area contributed by atoms with Gasteiger partial charge >= 0.3 is 0 Å². The average molecular weight is 218 g/mol. The smallest absolute Gasteiger partial charge is 0.0401 e. The minimum absolute atomic E-state index is 0.735. The Morgan fingerprint density at radius 2 is 2.19 bits per heavy atom. The third-order valence-electron chi connectivity index (χ3n) is 3.56. The lowest BCUT2D eigenvalue weighted by atomic mass is 10.1. The molecule has 1 aliphatic rings. The van der Waals surface area contributed by atoms with E-state index in [9.17, 15) is 0 Å². The molecule has 1 atom stereocenters. The van der Waals surface area contributed by atoms with Crippen LogP contribution < -0.4 is 10.6 Å². The van der Waals surface area contributed by atoms with Gasteiger partial charge in [-0.2, -0.15) is 0 Å². The number of nitrogens with two attached hydrogens (primary N) is 1. The average Bonchev–Trinajstić information content (AvgIpc) is 2.78.